The van der Waals surface area contributed by atoms with Crippen LogP contribution in [-0.2, 0) is 25.1 Å². The lowest BCUT2D eigenvalue weighted by molar-refractivity contribution is -0.244. The number of hydrogen-bond acceptors (Lipinski definition) is 4. The van der Waals surface area contributed by atoms with Crippen LogP contribution >= 0.6 is 0 Å². The molecule has 4 aliphatic rings. The van der Waals surface area contributed by atoms with Gasteiger partial charge in [0.1, 0.15) is 5.78 Å². The molecule has 4 nitrogen and oxygen atoms in total. The summed E-state index contributed by atoms with van der Waals surface area (Å²) in [6, 6.07) is 7.52. The maximum absolute atomic E-state index is 12.5. The molecule has 1 aromatic carbocycles. The van der Waals surface area contributed by atoms with Gasteiger partial charge < -0.3 is 0 Å². The molecule has 33 heavy (non-hydrogen) atoms. The summed E-state index contributed by atoms with van der Waals surface area (Å²) in [5.41, 5.74) is 3.05. The Bertz CT molecular complexity index is 969. The smallest absolute Gasteiger partial charge is 0.220 e. The van der Waals surface area contributed by atoms with Gasteiger partial charge >= 0.3 is 0 Å². The molecule has 0 amide bonds. The van der Waals surface area contributed by atoms with Crippen molar-refractivity contribution in [1.82, 2.24) is 0 Å². The number of rotatable bonds is 5. The Morgan fingerprint density at radius 2 is 1.79 bits per heavy atom. The van der Waals surface area contributed by atoms with Crippen molar-refractivity contribution < 1.29 is 18.2 Å². The minimum atomic E-state index is -1.60. The zero-order chi connectivity index (χ0) is 23.4. The van der Waals surface area contributed by atoms with E-state index in [4.69, 9.17) is 9.22 Å². The summed E-state index contributed by atoms with van der Waals surface area (Å²) in [5.74, 6) is 2.73. The van der Waals surface area contributed by atoms with Gasteiger partial charge in [0.15, 0.2) is 0 Å². The van der Waals surface area contributed by atoms with Crippen LogP contribution in [0.1, 0.15) is 77.7 Å². The van der Waals surface area contributed by atoms with Crippen LogP contribution in [0.3, 0.4) is 0 Å². The number of aryl methyl sites for hydroxylation is 1. The van der Waals surface area contributed by atoms with Gasteiger partial charge in [-0.05, 0) is 106 Å². The standard InChI is InChI=1S/C28H38O4S/c1-18-5-8-22(9-6-18)33(30)32-31-21-13-15-27(3)20(17-21)7-10-23-25-12-11-24(19(2)29)28(25,4)16-14-26(23)27/h5-9,21,23-26H,10-17H2,1-4H3/t21-,23+,24-,25+,26+,27+,28-,33+/m1/s1. The van der Waals surface area contributed by atoms with E-state index in [2.05, 4.69) is 19.9 Å². The highest BCUT2D eigenvalue weighted by Gasteiger charge is 2.59. The third-order valence-electron chi connectivity index (χ3n) is 10.0. The maximum atomic E-state index is 12.5. The van der Waals surface area contributed by atoms with Crippen LogP contribution in [0, 0.1) is 41.4 Å². The molecule has 1 aromatic rings. The lowest BCUT2D eigenvalue weighted by Gasteiger charge is -2.58. The first-order valence-electron chi connectivity index (χ1n) is 12.7. The quantitative estimate of drug-likeness (QED) is 0.280. The second-order valence-corrected chi connectivity index (χ2v) is 12.7. The summed E-state index contributed by atoms with van der Waals surface area (Å²) >= 11 is -1.60. The summed E-state index contributed by atoms with van der Waals surface area (Å²) in [4.78, 5) is 18.7. The number of Topliss-reactive ketones (excluding diaryl/α,β-unsaturated/α-hetero) is 1. The molecule has 4 aliphatic carbocycles. The number of carbonyl (C=O) groups is 1. The molecular formula is C28H38O4S. The zero-order valence-electron chi connectivity index (χ0n) is 20.5. The van der Waals surface area contributed by atoms with E-state index in [-0.39, 0.29) is 22.9 Å². The van der Waals surface area contributed by atoms with Crippen molar-refractivity contribution in [2.45, 2.75) is 90.1 Å². The van der Waals surface area contributed by atoms with Crippen LogP contribution in [0.2, 0.25) is 0 Å². The fourth-order valence-electron chi connectivity index (χ4n) is 8.16. The number of ketones is 1. The molecule has 0 N–H and O–H groups in total. The molecule has 0 heterocycles. The van der Waals surface area contributed by atoms with Crippen molar-refractivity contribution >= 4 is 16.9 Å². The Labute approximate surface area is 201 Å². The minimum Gasteiger partial charge on any atom is -0.300 e. The molecule has 3 fully saturated rings. The highest BCUT2D eigenvalue weighted by atomic mass is 32.2. The average molecular weight is 471 g/mol. The van der Waals surface area contributed by atoms with E-state index in [9.17, 15) is 9.00 Å². The van der Waals surface area contributed by atoms with Gasteiger partial charge in [-0.25, -0.2) is 9.10 Å². The number of benzene rings is 1. The molecule has 0 aromatic heterocycles. The van der Waals surface area contributed by atoms with Crippen molar-refractivity contribution in [3.63, 3.8) is 0 Å². The van der Waals surface area contributed by atoms with E-state index in [1.54, 1.807) is 6.92 Å². The van der Waals surface area contributed by atoms with Crippen molar-refractivity contribution in [2.24, 2.45) is 34.5 Å². The van der Waals surface area contributed by atoms with E-state index in [1.807, 2.05) is 31.2 Å². The van der Waals surface area contributed by atoms with Crippen LogP contribution in [-0.4, -0.2) is 16.1 Å². The Balaban J connectivity index is 1.26. The van der Waals surface area contributed by atoms with Gasteiger partial charge in [0, 0.05) is 5.92 Å². The SMILES string of the molecule is CC(=O)[C@H]1CC[C@H]2[C@@H]3CC=C4C[C@H](OO[S@](=O)c5ccc(C)cc5)CC[C@]4(C)[C@H]3CC[C@]12C. The first-order valence-corrected chi connectivity index (χ1v) is 13.8. The van der Waals surface area contributed by atoms with E-state index in [1.165, 1.54) is 24.8 Å². The number of fused-ring (bicyclic) bond motifs is 5. The lowest BCUT2D eigenvalue weighted by atomic mass is 9.47. The van der Waals surface area contributed by atoms with E-state index in [0.717, 1.165) is 37.7 Å². The lowest BCUT2D eigenvalue weighted by Crippen LogP contribution is -2.51. The topological polar surface area (TPSA) is 52.6 Å². The summed E-state index contributed by atoms with van der Waals surface area (Å²) in [6.45, 7) is 8.69. The molecule has 180 valence electrons. The van der Waals surface area contributed by atoms with Gasteiger partial charge in [-0.2, -0.15) is 0 Å². The van der Waals surface area contributed by atoms with Gasteiger partial charge in [0.2, 0.25) is 11.1 Å². The molecule has 5 heteroatoms. The monoisotopic (exact) mass is 470 g/mol. The summed E-state index contributed by atoms with van der Waals surface area (Å²) in [7, 11) is 0. The fourth-order valence-corrected chi connectivity index (χ4v) is 8.78. The highest BCUT2D eigenvalue weighted by Crippen LogP contribution is 2.66. The van der Waals surface area contributed by atoms with Crippen LogP contribution in [0.4, 0.5) is 0 Å². The molecule has 5 rings (SSSR count). The Kier molecular flexibility index (Phi) is 6.20. The average Bonchev–Trinajstić information content (AvgIpc) is 3.15. The van der Waals surface area contributed by atoms with Gasteiger partial charge in [-0.15, -0.1) is 4.33 Å². The second kappa shape index (κ2) is 8.73. The molecule has 0 spiro atoms. The highest BCUT2D eigenvalue weighted by molar-refractivity contribution is 7.80. The van der Waals surface area contributed by atoms with Gasteiger partial charge in [0.05, 0.1) is 11.0 Å². The van der Waals surface area contributed by atoms with E-state index in [0.29, 0.717) is 28.4 Å². The zero-order valence-corrected chi connectivity index (χ0v) is 21.3. The summed E-state index contributed by atoms with van der Waals surface area (Å²) in [5, 5.41) is 0. The number of carbonyl (C=O) groups excluding carboxylic acids is 1. The first-order chi connectivity index (χ1) is 15.7. The van der Waals surface area contributed by atoms with E-state index < -0.39 is 11.1 Å². The van der Waals surface area contributed by atoms with Gasteiger partial charge in [-0.3, -0.25) is 4.79 Å². The van der Waals surface area contributed by atoms with Crippen LogP contribution in [0.15, 0.2) is 40.8 Å². The van der Waals surface area contributed by atoms with Crippen LogP contribution in [0.5, 0.6) is 0 Å². The molecule has 8 atom stereocenters. The van der Waals surface area contributed by atoms with Crippen molar-refractivity contribution in [1.29, 1.82) is 0 Å². The molecule has 0 unspecified atom stereocenters. The Morgan fingerprint density at radius 3 is 2.52 bits per heavy atom. The number of hydrogen-bond donors (Lipinski definition) is 0. The molecule has 0 aliphatic heterocycles. The predicted molar refractivity (Wildman–Crippen MR) is 129 cm³/mol. The molecule has 3 saturated carbocycles. The molecular weight excluding hydrogens is 432 g/mol. The van der Waals surface area contributed by atoms with Crippen LogP contribution < -0.4 is 0 Å². The summed E-state index contributed by atoms with van der Waals surface area (Å²) in [6.07, 6.45) is 11.2. The first kappa shape index (κ1) is 23.4. The number of allylic oxidation sites excluding steroid dienone is 1. The maximum Gasteiger partial charge on any atom is 0.220 e. The third-order valence-corrected chi connectivity index (χ3v) is 10.9. The second-order valence-electron chi connectivity index (χ2n) is 11.6. The van der Waals surface area contributed by atoms with Gasteiger partial charge in [0.25, 0.3) is 0 Å². The van der Waals surface area contributed by atoms with Crippen LogP contribution in [0.25, 0.3) is 0 Å². The Hall–Kier alpha value is -1.30. The normalized spacial score (nSPS) is 40.8. The molecule has 0 saturated heterocycles. The molecule has 0 bridgehead atoms. The van der Waals surface area contributed by atoms with Gasteiger partial charge in [-0.1, -0.05) is 43.2 Å². The molecule has 0 radical (unpaired) electrons. The van der Waals surface area contributed by atoms with E-state index >= 15 is 0 Å². The third kappa shape index (κ3) is 3.98. The van der Waals surface area contributed by atoms with Crippen molar-refractivity contribution in [3.8, 4) is 0 Å². The largest absolute Gasteiger partial charge is 0.300 e. The minimum absolute atomic E-state index is 0.0438. The fraction of sp³-hybridized carbons (Fsp3) is 0.679. The summed E-state index contributed by atoms with van der Waals surface area (Å²) < 4.78 is 17.8. The predicted octanol–water partition coefficient (Wildman–Crippen LogP) is 6.50. The van der Waals surface area contributed by atoms with Crippen molar-refractivity contribution in [2.75, 3.05) is 0 Å². The Morgan fingerprint density at radius 1 is 1.03 bits per heavy atom. The van der Waals surface area contributed by atoms with Crippen molar-refractivity contribution in [3.05, 3.63) is 41.5 Å².